The number of carbonyl (C=O) groups excluding carboxylic acids is 3. The predicted octanol–water partition coefficient (Wildman–Crippen LogP) is 7.12. The van der Waals surface area contributed by atoms with Crippen LogP contribution in [-0.4, -0.2) is 23.0 Å². The summed E-state index contributed by atoms with van der Waals surface area (Å²) in [6.45, 7) is 1.76. The zero-order valence-electron chi connectivity index (χ0n) is 21.4. The van der Waals surface area contributed by atoms with Crippen molar-refractivity contribution in [3.63, 3.8) is 0 Å². The summed E-state index contributed by atoms with van der Waals surface area (Å²) >= 11 is 4.71. The quantitative estimate of drug-likeness (QED) is 0.138. The number of hydrogen-bond donors (Lipinski definition) is 3. The van der Waals surface area contributed by atoms with E-state index in [1.807, 2.05) is 30.3 Å². The van der Waals surface area contributed by atoms with Gasteiger partial charge in [-0.05, 0) is 85.3 Å². The first-order valence-electron chi connectivity index (χ1n) is 12.2. The molecule has 0 spiro atoms. The van der Waals surface area contributed by atoms with Crippen LogP contribution in [0.2, 0.25) is 0 Å². The lowest BCUT2D eigenvalue weighted by atomic mass is 10.1. The van der Waals surface area contributed by atoms with Gasteiger partial charge in [-0.15, -0.1) is 11.8 Å². The third-order valence-electron chi connectivity index (χ3n) is 5.60. The van der Waals surface area contributed by atoms with Crippen LogP contribution >= 0.6 is 27.7 Å². The maximum Gasteiger partial charge on any atom is 0.272 e. The minimum absolute atomic E-state index is 0.0706. The highest BCUT2D eigenvalue weighted by molar-refractivity contribution is 9.10. The lowest BCUT2D eigenvalue weighted by molar-refractivity contribution is -0.115. The molecular formula is C31H25BrFN3O3S. The van der Waals surface area contributed by atoms with Crippen LogP contribution in [0.5, 0.6) is 0 Å². The molecule has 3 amide bonds. The van der Waals surface area contributed by atoms with Crippen molar-refractivity contribution < 1.29 is 18.8 Å². The Morgan fingerprint density at radius 3 is 2.23 bits per heavy atom. The number of hydrogen-bond acceptors (Lipinski definition) is 4. The molecule has 4 aromatic rings. The fourth-order valence-corrected chi connectivity index (χ4v) is 4.74. The molecule has 4 aromatic carbocycles. The second-order valence-corrected chi connectivity index (χ2v) is 11.0. The Bertz CT molecular complexity index is 1530. The van der Waals surface area contributed by atoms with Crippen LogP contribution < -0.4 is 16.0 Å². The van der Waals surface area contributed by atoms with Gasteiger partial charge in [0.1, 0.15) is 11.5 Å². The molecular weight excluding hydrogens is 593 g/mol. The van der Waals surface area contributed by atoms with E-state index >= 15 is 0 Å². The summed E-state index contributed by atoms with van der Waals surface area (Å²) in [5.41, 5.74) is 2.22. The van der Waals surface area contributed by atoms with Gasteiger partial charge in [0.25, 0.3) is 11.8 Å². The van der Waals surface area contributed by atoms with Crippen molar-refractivity contribution in [3.05, 3.63) is 130 Å². The molecule has 1 unspecified atom stereocenters. The molecule has 40 heavy (non-hydrogen) atoms. The summed E-state index contributed by atoms with van der Waals surface area (Å²) in [6.07, 6.45) is 1.60. The molecule has 0 bridgehead atoms. The Balaban J connectivity index is 1.47. The highest BCUT2D eigenvalue weighted by Crippen LogP contribution is 2.27. The van der Waals surface area contributed by atoms with Crippen LogP contribution in [0, 0.1) is 5.82 Å². The highest BCUT2D eigenvalue weighted by Gasteiger charge is 2.17. The number of halogens is 2. The van der Waals surface area contributed by atoms with Crippen LogP contribution in [0.3, 0.4) is 0 Å². The Labute approximate surface area is 244 Å². The van der Waals surface area contributed by atoms with Gasteiger partial charge in [-0.3, -0.25) is 14.4 Å². The van der Waals surface area contributed by atoms with Gasteiger partial charge in [-0.1, -0.05) is 52.3 Å². The third kappa shape index (κ3) is 8.39. The molecule has 0 aliphatic heterocycles. The van der Waals surface area contributed by atoms with Crippen molar-refractivity contribution in [1.29, 1.82) is 0 Å². The molecule has 6 nitrogen and oxygen atoms in total. The minimum Gasteiger partial charge on any atom is -0.325 e. The van der Waals surface area contributed by atoms with E-state index in [4.69, 9.17) is 0 Å². The average Bonchev–Trinajstić information content (AvgIpc) is 2.95. The fourth-order valence-electron chi connectivity index (χ4n) is 3.55. The van der Waals surface area contributed by atoms with Crippen LogP contribution in [-0.2, 0) is 9.59 Å². The van der Waals surface area contributed by atoms with Gasteiger partial charge < -0.3 is 16.0 Å². The number of benzene rings is 4. The Hall–Kier alpha value is -4.21. The van der Waals surface area contributed by atoms with E-state index in [1.54, 1.807) is 61.5 Å². The molecule has 1 atom stereocenters. The monoisotopic (exact) mass is 617 g/mol. The van der Waals surface area contributed by atoms with Gasteiger partial charge in [-0.25, -0.2) is 4.39 Å². The number of carbonyl (C=O) groups is 3. The summed E-state index contributed by atoms with van der Waals surface area (Å²) in [5, 5.41) is 7.86. The van der Waals surface area contributed by atoms with Gasteiger partial charge in [0.2, 0.25) is 5.91 Å². The van der Waals surface area contributed by atoms with Crippen molar-refractivity contribution in [2.75, 3.05) is 10.6 Å². The molecule has 202 valence electrons. The first kappa shape index (κ1) is 28.8. The number of anilines is 2. The van der Waals surface area contributed by atoms with Gasteiger partial charge >= 0.3 is 0 Å². The summed E-state index contributed by atoms with van der Waals surface area (Å²) in [4.78, 5) is 39.5. The van der Waals surface area contributed by atoms with Crippen LogP contribution in [0.15, 0.2) is 118 Å². The van der Waals surface area contributed by atoms with Crippen molar-refractivity contribution in [1.82, 2.24) is 5.32 Å². The Morgan fingerprint density at radius 2 is 1.52 bits per heavy atom. The lowest BCUT2D eigenvalue weighted by Crippen LogP contribution is -2.30. The second kappa shape index (κ2) is 13.7. The van der Waals surface area contributed by atoms with Crippen molar-refractivity contribution >= 4 is 62.9 Å². The van der Waals surface area contributed by atoms with E-state index < -0.39 is 17.1 Å². The van der Waals surface area contributed by atoms with E-state index in [1.165, 1.54) is 36.0 Å². The maximum atomic E-state index is 13.3. The predicted molar refractivity (Wildman–Crippen MR) is 161 cm³/mol. The fraction of sp³-hybridized carbons (Fsp3) is 0.0645. The number of rotatable bonds is 9. The van der Waals surface area contributed by atoms with Crippen molar-refractivity contribution in [2.45, 2.75) is 17.1 Å². The summed E-state index contributed by atoms with van der Waals surface area (Å²) in [5.74, 6) is -1.54. The van der Waals surface area contributed by atoms with Crippen LogP contribution in [0.1, 0.15) is 22.8 Å². The molecule has 0 fully saturated rings. The summed E-state index contributed by atoms with van der Waals surface area (Å²) in [6, 6.07) is 28.6. The Morgan fingerprint density at radius 1 is 0.825 bits per heavy atom. The van der Waals surface area contributed by atoms with Gasteiger partial charge in [-0.2, -0.15) is 0 Å². The molecule has 0 heterocycles. The molecule has 0 radical (unpaired) electrons. The second-order valence-electron chi connectivity index (χ2n) is 8.67. The van der Waals surface area contributed by atoms with Crippen LogP contribution in [0.4, 0.5) is 15.8 Å². The van der Waals surface area contributed by atoms with E-state index in [0.717, 1.165) is 14.9 Å². The van der Waals surface area contributed by atoms with E-state index in [0.29, 0.717) is 16.9 Å². The van der Waals surface area contributed by atoms with Gasteiger partial charge in [0.05, 0.1) is 5.25 Å². The van der Waals surface area contributed by atoms with Crippen LogP contribution in [0.25, 0.3) is 6.08 Å². The van der Waals surface area contributed by atoms with E-state index in [9.17, 15) is 18.8 Å². The van der Waals surface area contributed by atoms with E-state index in [2.05, 4.69) is 31.9 Å². The standard InChI is InChI=1S/C31H25BrFN3O3S/c1-20(29(37)34-25-16-14-24(33)15-17-25)40-27-9-5-8-26(19-27)35-31(39)28(18-21-10-12-23(32)13-11-21)36-30(38)22-6-3-2-4-7-22/h2-20H,1H3,(H,34,37)(H,35,39)(H,36,38)/b28-18-. The highest BCUT2D eigenvalue weighted by atomic mass is 79.9. The normalized spacial score (nSPS) is 11.8. The molecule has 0 saturated heterocycles. The molecule has 0 aromatic heterocycles. The lowest BCUT2D eigenvalue weighted by Gasteiger charge is -2.14. The molecule has 9 heteroatoms. The molecule has 0 saturated carbocycles. The average molecular weight is 619 g/mol. The number of amides is 3. The molecule has 0 aliphatic rings. The largest absolute Gasteiger partial charge is 0.325 e. The molecule has 4 rings (SSSR count). The zero-order chi connectivity index (χ0) is 28.5. The SMILES string of the molecule is CC(Sc1cccc(NC(=O)/C(=C/c2ccc(Br)cc2)NC(=O)c2ccccc2)c1)C(=O)Nc1ccc(F)cc1. The molecule has 3 N–H and O–H groups in total. The first-order chi connectivity index (χ1) is 19.3. The molecule has 0 aliphatic carbocycles. The number of nitrogens with one attached hydrogen (secondary N) is 3. The van der Waals surface area contributed by atoms with E-state index in [-0.39, 0.29) is 17.4 Å². The van der Waals surface area contributed by atoms with Gasteiger partial charge in [0, 0.05) is 26.3 Å². The first-order valence-corrected chi connectivity index (χ1v) is 13.9. The third-order valence-corrected chi connectivity index (χ3v) is 7.22. The van der Waals surface area contributed by atoms with Crippen molar-refractivity contribution in [2.24, 2.45) is 0 Å². The Kier molecular flexibility index (Phi) is 9.88. The topological polar surface area (TPSA) is 87.3 Å². The van der Waals surface area contributed by atoms with Gasteiger partial charge in [0.15, 0.2) is 0 Å². The minimum atomic E-state index is -0.503. The zero-order valence-corrected chi connectivity index (χ0v) is 23.8. The maximum absolute atomic E-state index is 13.3. The van der Waals surface area contributed by atoms with Crippen molar-refractivity contribution in [3.8, 4) is 0 Å². The summed E-state index contributed by atoms with van der Waals surface area (Å²) in [7, 11) is 0. The summed E-state index contributed by atoms with van der Waals surface area (Å²) < 4.78 is 14.0. The number of thioether (sulfide) groups is 1. The smallest absolute Gasteiger partial charge is 0.272 e.